The Balaban J connectivity index is 1.49. The topological polar surface area (TPSA) is 68.8 Å². The van der Waals surface area contributed by atoms with Gasteiger partial charge < -0.3 is 4.90 Å². The monoisotopic (exact) mass is 402 g/mol. The SMILES string of the molecule is Cc1nc2c(cnn2C(C)C)cc1C(=O)N(C)Cc1cnn(Cc2ccccc2)c1. The second-order valence-corrected chi connectivity index (χ2v) is 7.91. The minimum absolute atomic E-state index is 0.0602. The van der Waals surface area contributed by atoms with Gasteiger partial charge in [0.25, 0.3) is 5.91 Å². The molecule has 0 saturated heterocycles. The summed E-state index contributed by atoms with van der Waals surface area (Å²) in [6.07, 6.45) is 5.57. The molecule has 0 aliphatic carbocycles. The molecule has 0 bridgehead atoms. The summed E-state index contributed by atoms with van der Waals surface area (Å²) in [5.74, 6) is -0.0602. The average Bonchev–Trinajstić information content (AvgIpc) is 3.34. The molecule has 0 fully saturated rings. The molecule has 1 aromatic carbocycles. The fourth-order valence-electron chi connectivity index (χ4n) is 3.56. The van der Waals surface area contributed by atoms with E-state index in [9.17, 15) is 4.79 Å². The average molecular weight is 403 g/mol. The van der Waals surface area contributed by atoms with Crippen molar-refractivity contribution in [2.24, 2.45) is 0 Å². The van der Waals surface area contributed by atoms with Crippen molar-refractivity contribution in [3.63, 3.8) is 0 Å². The van der Waals surface area contributed by atoms with Crippen LogP contribution in [-0.4, -0.2) is 42.4 Å². The normalized spacial score (nSPS) is 11.4. The number of pyridine rings is 1. The van der Waals surface area contributed by atoms with Crippen molar-refractivity contribution in [2.45, 2.75) is 39.9 Å². The van der Waals surface area contributed by atoms with Gasteiger partial charge in [-0.25, -0.2) is 9.67 Å². The van der Waals surface area contributed by atoms with Crippen LogP contribution in [0.5, 0.6) is 0 Å². The minimum atomic E-state index is -0.0602. The molecule has 0 aliphatic rings. The Morgan fingerprint density at radius 1 is 1.10 bits per heavy atom. The Morgan fingerprint density at radius 2 is 1.87 bits per heavy atom. The Hall–Kier alpha value is -3.48. The number of carbonyl (C=O) groups is 1. The van der Waals surface area contributed by atoms with E-state index in [-0.39, 0.29) is 11.9 Å². The number of amides is 1. The van der Waals surface area contributed by atoms with Crippen molar-refractivity contribution in [1.29, 1.82) is 0 Å². The number of aryl methyl sites for hydroxylation is 1. The van der Waals surface area contributed by atoms with Crippen LogP contribution >= 0.6 is 0 Å². The van der Waals surface area contributed by atoms with E-state index in [4.69, 9.17) is 0 Å². The molecule has 4 aromatic rings. The lowest BCUT2D eigenvalue weighted by molar-refractivity contribution is 0.0784. The zero-order valence-corrected chi connectivity index (χ0v) is 17.8. The maximum absolute atomic E-state index is 13.1. The standard InChI is InChI=1S/C23H26N6O/c1-16(2)29-22-20(12-25-29)10-21(17(3)26-22)23(30)27(4)13-19-11-24-28(15-19)14-18-8-6-5-7-9-18/h5-12,15-16H,13-14H2,1-4H3. The number of benzene rings is 1. The highest BCUT2D eigenvalue weighted by atomic mass is 16.2. The van der Waals surface area contributed by atoms with Crippen LogP contribution in [0.4, 0.5) is 0 Å². The highest BCUT2D eigenvalue weighted by Gasteiger charge is 2.19. The molecule has 0 N–H and O–H groups in total. The van der Waals surface area contributed by atoms with Gasteiger partial charge in [0.1, 0.15) is 0 Å². The van der Waals surface area contributed by atoms with Gasteiger partial charge in [0, 0.05) is 36.8 Å². The summed E-state index contributed by atoms with van der Waals surface area (Å²) < 4.78 is 3.77. The highest BCUT2D eigenvalue weighted by Crippen LogP contribution is 2.20. The third-order valence-corrected chi connectivity index (χ3v) is 5.12. The van der Waals surface area contributed by atoms with E-state index in [0.29, 0.717) is 24.3 Å². The van der Waals surface area contributed by atoms with Crippen LogP contribution in [0.25, 0.3) is 11.0 Å². The predicted molar refractivity (Wildman–Crippen MR) is 116 cm³/mol. The third kappa shape index (κ3) is 3.96. The lowest BCUT2D eigenvalue weighted by Gasteiger charge is -2.17. The van der Waals surface area contributed by atoms with Gasteiger partial charge in [-0.1, -0.05) is 30.3 Å². The van der Waals surface area contributed by atoms with Crippen LogP contribution in [0.15, 0.2) is 55.0 Å². The first-order chi connectivity index (χ1) is 14.4. The summed E-state index contributed by atoms with van der Waals surface area (Å²) in [5.41, 5.74) is 4.30. The number of carbonyl (C=O) groups excluding carboxylic acids is 1. The Morgan fingerprint density at radius 3 is 2.60 bits per heavy atom. The van der Waals surface area contributed by atoms with Crippen LogP contribution in [0.1, 0.15) is 47.1 Å². The van der Waals surface area contributed by atoms with Crippen molar-refractivity contribution < 1.29 is 4.79 Å². The summed E-state index contributed by atoms with van der Waals surface area (Å²) in [7, 11) is 1.80. The van der Waals surface area contributed by atoms with Crippen molar-refractivity contribution in [3.8, 4) is 0 Å². The fraction of sp³-hybridized carbons (Fsp3) is 0.304. The number of nitrogens with zero attached hydrogens (tertiary/aromatic N) is 6. The molecule has 154 valence electrons. The maximum Gasteiger partial charge on any atom is 0.255 e. The van der Waals surface area contributed by atoms with Crippen LogP contribution in [0.3, 0.4) is 0 Å². The van der Waals surface area contributed by atoms with Gasteiger partial charge in [-0.3, -0.25) is 9.48 Å². The van der Waals surface area contributed by atoms with Gasteiger partial charge in [0.2, 0.25) is 0 Å². The van der Waals surface area contributed by atoms with Gasteiger partial charge in [0.05, 0.1) is 30.2 Å². The highest BCUT2D eigenvalue weighted by molar-refractivity contribution is 5.98. The molecular formula is C23H26N6O. The van der Waals surface area contributed by atoms with Crippen molar-refractivity contribution in [2.75, 3.05) is 7.05 Å². The predicted octanol–water partition coefficient (Wildman–Crippen LogP) is 3.84. The van der Waals surface area contributed by atoms with Crippen LogP contribution in [0.2, 0.25) is 0 Å². The Kier molecular flexibility index (Phi) is 5.35. The summed E-state index contributed by atoms with van der Waals surface area (Å²) in [4.78, 5) is 19.4. The van der Waals surface area contributed by atoms with Crippen molar-refractivity contribution >= 4 is 16.9 Å². The maximum atomic E-state index is 13.1. The lowest BCUT2D eigenvalue weighted by atomic mass is 10.1. The van der Waals surface area contributed by atoms with Crippen LogP contribution in [0, 0.1) is 6.92 Å². The molecule has 0 saturated carbocycles. The zero-order chi connectivity index (χ0) is 21.3. The van der Waals surface area contributed by atoms with Crippen molar-refractivity contribution in [3.05, 3.63) is 77.4 Å². The largest absolute Gasteiger partial charge is 0.337 e. The van der Waals surface area contributed by atoms with Crippen LogP contribution in [-0.2, 0) is 13.1 Å². The van der Waals surface area contributed by atoms with Crippen LogP contribution < -0.4 is 0 Å². The molecule has 0 radical (unpaired) electrons. The fourth-order valence-corrected chi connectivity index (χ4v) is 3.56. The molecule has 7 heteroatoms. The first-order valence-electron chi connectivity index (χ1n) is 10.1. The molecule has 0 atom stereocenters. The summed E-state index contributed by atoms with van der Waals surface area (Å²) in [5, 5.41) is 9.71. The smallest absolute Gasteiger partial charge is 0.255 e. The van der Waals surface area contributed by atoms with Gasteiger partial charge in [0.15, 0.2) is 5.65 Å². The van der Waals surface area contributed by atoms with E-state index in [1.165, 1.54) is 5.56 Å². The first kappa shape index (κ1) is 19.8. The third-order valence-electron chi connectivity index (χ3n) is 5.12. The number of hydrogen-bond donors (Lipinski definition) is 0. The second-order valence-electron chi connectivity index (χ2n) is 7.91. The molecule has 0 spiro atoms. The molecular weight excluding hydrogens is 376 g/mol. The minimum Gasteiger partial charge on any atom is -0.337 e. The molecule has 1 amide bonds. The van der Waals surface area contributed by atoms with E-state index in [0.717, 1.165) is 16.6 Å². The summed E-state index contributed by atoms with van der Waals surface area (Å²) in [6, 6.07) is 12.3. The van der Waals surface area contributed by atoms with Gasteiger partial charge in [-0.2, -0.15) is 10.2 Å². The molecule has 0 unspecified atom stereocenters. The molecule has 3 heterocycles. The lowest BCUT2D eigenvalue weighted by Crippen LogP contribution is -2.27. The van der Waals surface area contributed by atoms with E-state index in [2.05, 4.69) is 41.2 Å². The molecule has 0 aliphatic heterocycles. The van der Waals surface area contributed by atoms with E-state index in [1.807, 2.05) is 52.9 Å². The van der Waals surface area contributed by atoms with E-state index < -0.39 is 0 Å². The van der Waals surface area contributed by atoms with Gasteiger partial charge >= 0.3 is 0 Å². The van der Waals surface area contributed by atoms with E-state index in [1.54, 1.807) is 18.1 Å². The summed E-state index contributed by atoms with van der Waals surface area (Å²) in [6.45, 7) is 7.19. The number of rotatable bonds is 6. The number of hydrogen-bond acceptors (Lipinski definition) is 4. The van der Waals surface area contributed by atoms with Crippen molar-refractivity contribution in [1.82, 2.24) is 29.4 Å². The molecule has 3 aromatic heterocycles. The summed E-state index contributed by atoms with van der Waals surface area (Å²) >= 11 is 0. The molecule has 7 nitrogen and oxygen atoms in total. The first-order valence-corrected chi connectivity index (χ1v) is 10.1. The number of aromatic nitrogens is 5. The van der Waals surface area contributed by atoms with Gasteiger partial charge in [-0.05, 0) is 32.4 Å². The quantitative estimate of drug-likeness (QED) is 0.491. The zero-order valence-electron chi connectivity index (χ0n) is 17.8. The molecule has 30 heavy (non-hydrogen) atoms. The molecule has 4 rings (SSSR count). The Bertz CT molecular complexity index is 1180. The number of fused-ring (bicyclic) bond motifs is 1. The van der Waals surface area contributed by atoms with E-state index >= 15 is 0 Å². The Labute approximate surface area is 176 Å². The van der Waals surface area contributed by atoms with Gasteiger partial charge in [-0.15, -0.1) is 0 Å². The second kappa shape index (κ2) is 8.10.